The first-order valence-corrected chi connectivity index (χ1v) is 7.88. The highest BCUT2D eigenvalue weighted by molar-refractivity contribution is 7.80. The second-order valence-corrected chi connectivity index (χ2v) is 6.48. The van der Waals surface area contributed by atoms with Crippen LogP contribution in [0.2, 0.25) is 0 Å². The second-order valence-electron chi connectivity index (χ2n) is 6.04. The van der Waals surface area contributed by atoms with Crippen molar-refractivity contribution in [3.05, 3.63) is 35.4 Å². The van der Waals surface area contributed by atoms with Gasteiger partial charge in [-0.05, 0) is 38.4 Å². The zero-order valence-corrected chi connectivity index (χ0v) is 13.1. The maximum Gasteiger partial charge on any atom is 0.253 e. The van der Waals surface area contributed by atoms with E-state index in [2.05, 4.69) is 11.9 Å². The number of amides is 1. The summed E-state index contributed by atoms with van der Waals surface area (Å²) in [6.45, 7) is 1.66. The first-order chi connectivity index (χ1) is 10.1. The van der Waals surface area contributed by atoms with Gasteiger partial charge >= 0.3 is 0 Å². The smallest absolute Gasteiger partial charge is 0.253 e. The van der Waals surface area contributed by atoms with Crippen LogP contribution in [0.25, 0.3) is 0 Å². The molecule has 2 bridgehead atoms. The number of rotatable bonds is 2. The highest BCUT2D eigenvalue weighted by atomic mass is 32.1. The average molecular weight is 303 g/mol. The van der Waals surface area contributed by atoms with Crippen molar-refractivity contribution in [1.29, 1.82) is 0 Å². The Morgan fingerprint density at radius 2 is 1.95 bits per heavy atom. The summed E-state index contributed by atoms with van der Waals surface area (Å²) in [5.74, 6) is 0.0917. The van der Waals surface area contributed by atoms with Crippen molar-refractivity contribution in [2.24, 2.45) is 5.73 Å². The molecule has 1 aromatic carbocycles. The molecule has 0 aromatic heterocycles. The van der Waals surface area contributed by atoms with Gasteiger partial charge in [-0.3, -0.25) is 9.69 Å². The quantitative estimate of drug-likeness (QED) is 0.844. The fraction of sp³-hybridized carbons (Fsp3) is 0.500. The van der Waals surface area contributed by atoms with Crippen LogP contribution in [0.15, 0.2) is 24.3 Å². The Labute approximate surface area is 130 Å². The number of nitrogens with zero attached hydrogens (tertiary/aromatic N) is 2. The number of hydrogen-bond acceptors (Lipinski definition) is 3. The molecule has 5 heteroatoms. The van der Waals surface area contributed by atoms with Crippen molar-refractivity contribution in [2.45, 2.75) is 31.3 Å². The molecule has 1 amide bonds. The zero-order chi connectivity index (χ0) is 15.0. The van der Waals surface area contributed by atoms with E-state index in [0.29, 0.717) is 22.6 Å². The highest BCUT2D eigenvalue weighted by Gasteiger charge is 2.36. The molecule has 2 saturated heterocycles. The number of nitrogens with two attached hydrogens (primary N) is 1. The molecule has 2 heterocycles. The van der Waals surface area contributed by atoms with Crippen molar-refractivity contribution in [2.75, 3.05) is 20.1 Å². The molecule has 3 rings (SSSR count). The van der Waals surface area contributed by atoms with Gasteiger partial charge in [0.05, 0.1) is 0 Å². The molecule has 2 fully saturated rings. The number of carbonyl (C=O) groups is 1. The fourth-order valence-corrected chi connectivity index (χ4v) is 3.61. The van der Waals surface area contributed by atoms with Crippen LogP contribution in [-0.4, -0.2) is 52.9 Å². The molecule has 2 aliphatic rings. The van der Waals surface area contributed by atoms with Crippen LogP contribution in [0.1, 0.15) is 35.2 Å². The summed E-state index contributed by atoms with van der Waals surface area (Å²) >= 11 is 4.99. The zero-order valence-electron chi connectivity index (χ0n) is 12.3. The molecular weight excluding hydrogens is 282 g/mol. The molecule has 4 nitrogen and oxygen atoms in total. The lowest BCUT2D eigenvalue weighted by Crippen LogP contribution is -2.39. The largest absolute Gasteiger partial charge is 0.389 e. The highest BCUT2D eigenvalue weighted by Crippen LogP contribution is 2.29. The average Bonchev–Trinajstić information content (AvgIpc) is 2.71. The van der Waals surface area contributed by atoms with E-state index in [9.17, 15) is 4.79 Å². The van der Waals surface area contributed by atoms with E-state index in [1.165, 1.54) is 12.8 Å². The van der Waals surface area contributed by atoms with E-state index in [-0.39, 0.29) is 5.91 Å². The Morgan fingerprint density at radius 3 is 2.71 bits per heavy atom. The summed E-state index contributed by atoms with van der Waals surface area (Å²) in [6, 6.07) is 8.47. The van der Waals surface area contributed by atoms with Gasteiger partial charge in [-0.1, -0.05) is 24.4 Å². The van der Waals surface area contributed by atoms with E-state index in [1.807, 2.05) is 23.1 Å². The monoisotopic (exact) mass is 303 g/mol. The lowest BCUT2D eigenvalue weighted by Gasteiger charge is -2.26. The summed E-state index contributed by atoms with van der Waals surface area (Å²) in [7, 11) is 2.18. The van der Waals surface area contributed by atoms with Gasteiger partial charge in [0, 0.05) is 36.3 Å². The Bertz CT molecular complexity index is 574. The third-order valence-electron chi connectivity index (χ3n) is 4.83. The topological polar surface area (TPSA) is 49.6 Å². The molecule has 0 saturated carbocycles. The number of hydrogen-bond donors (Lipinski definition) is 1. The summed E-state index contributed by atoms with van der Waals surface area (Å²) in [5, 5.41) is 0. The van der Waals surface area contributed by atoms with Gasteiger partial charge < -0.3 is 10.6 Å². The number of thiocarbonyl (C=S) groups is 1. The minimum absolute atomic E-state index is 0.0917. The molecule has 2 unspecified atom stereocenters. The van der Waals surface area contributed by atoms with E-state index in [0.717, 1.165) is 25.1 Å². The van der Waals surface area contributed by atoms with E-state index in [4.69, 9.17) is 18.0 Å². The van der Waals surface area contributed by atoms with Crippen molar-refractivity contribution < 1.29 is 4.79 Å². The molecule has 1 aromatic rings. The summed E-state index contributed by atoms with van der Waals surface area (Å²) < 4.78 is 0. The Hall–Kier alpha value is -1.46. The maximum atomic E-state index is 12.7. The first-order valence-electron chi connectivity index (χ1n) is 7.47. The Morgan fingerprint density at radius 1 is 1.24 bits per heavy atom. The maximum absolute atomic E-state index is 12.7. The predicted molar refractivity (Wildman–Crippen MR) is 87.4 cm³/mol. The van der Waals surface area contributed by atoms with Gasteiger partial charge in [-0.2, -0.15) is 0 Å². The number of likely N-dealkylation sites (tertiary alicyclic amines) is 1. The third kappa shape index (κ3) is 2.80. The molecule has 112 valence electrons. The van der Waals surface area contributed by atoms with Gasteiger partial charge in [-0.15, -0.1) is 0 Å². The lowest BCUT2D eigenvalue weighted by molar-refractivity contribution is 0.0740. The lowest BCUT2D eigenvalue weighted by atomic mass is 10.1. The van der Waals surface area contributed by atoms with Crippen molar-refractivity contribution in [3.8, 4) is 0 Å². The van der Waals surface area contributed by atoms with E-state index >= 15 is 0 Å². The van der Waals surface area contributed by atoms with Crippen molar-refractivity contribution in [1.82, 2.24) is 9.80 Å². The Kier molecular flexibility index (Phi) is 3.95. The minimum Gasteiger partial charge on any atom is -0.389 e. The van der Waals surface area contributed by atoms with Crippen LogP contribution in [0.3, 0.4) is 0 Å². The van der Waals surface area contributed by atoms with Crippen LogP contribution < -0.4 is 5.73 Å². The van der Waals surface area contributed by atoms with Crippen LogP contribution in [0, 0.1) is 0 Å². The number of carbonyl (C=O) groups excluding carboxylic acids is 1. The summed E-state index contributed by atoms with van der Waals surface area (Å²) in [5.41, 5.74) is 7.09. The first kappa shape index (κ1) is 14.5. The summed E-state index contributed by atoms with van der Waals surface area (Å²) in [6.07, 6.45) is 3.52. The van der Waals surface area contributed by atoms with Crippen molar-refractivity contribution in [3.63, 3.8) is 0 Å². The van der Waals surface area contributed by atoms with Crippen molar-refractivity contribution >= 4 is 23.1 Å². The third-order valence-corrected chi connectivity index (χ3v) is 5.07. The van der Waals surface area contributed by atoms with E-state index < -0.39 is 0 Å². The SMILES string of the molecule is CN1C2CCC1CN(C(=O)c1cccc(C(N)=S)c1)CC2. The van der Waals surface area contributed by atoms with Gasteiger partial charge in [-0.25, -0.2) is 0 Å². The summed E-state index contributed by atoms with van der Waals surface area (Å²) in [4.78, 5) is 17.5. The van der Waals surface area contributed by atoms with E-state index in [1.54, 1.807) is 6.07 Å². The standard InChI is InChI=1S/C16H21N3OS/c1-18-13-5-6-14(18)10-19(8-7-13)16(20)12-4-2-3-11(9-12)15(17)21/h2-4,9,13-14H,5-8,10H2,1H3,(H2,17,21). The molecule has 0 spiro atoms. The molecule has 0 aliphatic carbocycles. The van der Waals surface area contributed by atoms with Gasteiger partial charge in [0.25, 0.3) is 5.91 Å². The van der Waals surface area contributed by atoms with Crippen LogP contribution >= 0.6 is 12.2 Å². The van der Waals surface area contributed by atoms with Crippen LogP contribution in [0.5, 0.6) is 0 Å². The number of benzene rings is 1. The molecule has 0 radical (unpaired) electrons. The van der Waals surface area contributed by atoms with Crippen LogP contribution in [0.4, 0.5) is 0 Å². The molecule has 21 heavy (non-hydrogen) atoms. The molecule has 2 atom stereocenters. The number of fused-ring (bicyclic) bond motifs is 2. The number of likely N-dealkylation sites (N-methyl/N-ethyl adjacent to an activating group) is 1. The van der Waals surface area contributed by atoms with Gasteiger partial charge in [0.1, 0.15) is 4.99 Å². The second kappa shape index (κ2) is 5.73. The normalized spacial score (nSPS) is 25.7. The van der Waals surface area contributed by atoms with Crippen LogP contribution in [-0.2, 0) is 0 Å². The molecule has 2 aliphatic heterocycles. The fourth-order valence-electron chi connectivity index (χ4n) is 3.48. The molecule has 2 N–H and O–H groups in total. The Balaban J connectivity index is 1.79. The predicted octanol–water partition coefficient (Wildman–Crippen LogP) is 1.63. The van der Waals surface area contributed by atoms with Gasteiger partial charge in [0.2, 0.25) is 0 Å². The molecular formula is C16H21N3OS. The van der Waals surface area contributed by atoms with Gasteiger partial charge in [0.15, 0.2) is 0 Å². The minimum atomic E-state index is 0.0917.